The number of rotatable bonds is 8. The Morgan fingerprint density at radius 1 is 1.11 bits per heavy atom. The number of hydrogen-bond acceptors (Lipinski definition) is 6. The largest absolute Gasteiger partial charge is 0.493 e. The van der Waals surface area contributed by atoms with Crippen molar-refractivity contribution in [2.24, 2.45) is 5.10 Å². The number of nitrogens with zero attached hydrogens (tertiary/aromatic N) is 2. The number of carbonyl (C=O) groups excluding carboxylic acids is 2. The summed E-state index contributed by atoms with van der Waals surface area (Å²) in [5.41, 5.74) is 1.58. The summed E-state index contributed by atoms with van der Waals surface area (Å²) < 4.78 is 74.0. The van der Waals surface area contributed by atoms with Gasteiger partial charge < -0.3 is 14.8 Å². The maximum atomic E-state index is 13.1. The number of halogens is 5. The second kappa shape index (κ2) is 10.5. The zero-order valence-electron chi connectivity index (χ0n) is 18.5. The van der Waals surface area contributed by atoms with Crippen LogP contribution < -0.4 is 14.8 Å². The lowest BCUT2D eigenvalue weighted by atomic mass is 10.1. The molecule has 188 valence electrons. The average Bonchev–Trinajstić information content (AvgIpc) is 2.81. The Morgan fingerprint density at radius 2 is 1.80 bits per heavy atom. The highest BCUT2D eigenvalue weighted by atomic mass is 32.2. The fraction of sp³-hybridized carbons (Fsp3) is 0.318. The third-order valence-electron chi connectivity index (χ3n) is 4.77. The van der Waals surface area contributed by atoms with Crippen LogP contribution in [-0.2, 0) is 11.3 Å². The molecule has 0 radical (unpaired) electrons. The van der Waals surface area contributed by atoms with Gasteiger partial charge >= 0.3 is 23.2 Å². The first-order chi connectivity index (χ1) is 16.5. The van der Waals surface area contributed by atoms with Gasteiger partial charge in [0, 0.05) is 17.0 Å². The van der Waals surface area contributed by atoms with Crippen molar-refractivity contribution in [2.75, 3.05) is 24.8 Å². The Morgan fingerprint density at radius 3 is 2.40 bits per heavy atom. The van der Waals surface area contributed by atoms with E-state index in [0.717, 1.165) is 29.5 Å². The Labute approximate surface area is 201 Å². The van der Waals surface area contributed by atoms with Gasteiger partial charge in [-0.2, -0.15) is 27.1 Å². The monoisotopic (exact) mass is 517 g/mol. The number of anilines is 1. The minimum Gasteiger partial charge on any atom is -0.493 e. The second-order valence-corrected chi connectivity index (χ2v) is 8.11. The fourth-order valence-corrected chi connectivity index (χ4v) is 3.73. The van der Waals surface area contributed by atoms with Gasteiger partial charge in [-0.25, -0.2) is 5.01 Å². The number of thioether (sulfide) groups is 1. The molecule has 2 aromatic rings. The van der Waals surface area contributed by atoms with Gasteiger partial charge in [0.2, 0.25) is 0 Å². The molecule has 1 aliphatic rings. The number of methoxy groups -OCH3 is 1. The van der Waals surface area contributed by atoms with E-state index in [4.69, 9.17) is 9.47 Å². The molecule has 1 aliphatic heterocycles. The molecule has 0 unspecified atom stereocenters. The van der Waals surface area contributed by atoms with Crippen LogP contribution >= 0.6 is 11.8 Å². The van der Waals surface area contributed by atoms with E-state index < -0.39 is 18.0 Å². The predicted molar refractivity (Wildman–Crippen MR) is 120 cm³/mol. The first kappa shape index (κ1) is 26.3. The zero-order valence-corrected chi connectivity index (χ0v) is 19.3. The molecule has 2 amide bonds. The molecular weight excluding hydrogens is 497 g/mol. The molecular formula is C22H20F5N3O4S. The van der Waals surface area contributed by atoms with Crippen molar-refractivity contribution in [3.8, 4) is 11.5 Å². The van der Waals surface area contributed by atoms with Crippen molar-refractivity contribution in [3.05, 3.63) is 53.6 Å². The summed E-state index contributed by atoms with van der Waals surface area (Å²) in [7, 11) is 1.52. The van der Waals surface area contributed by atoms with Crippen LogP contribution in [0.5, 0.6) is 11.5 Å². The standard InChI is InChI=1S/C22H20F5N3O4S/c1-3-34-18-10-14(6-9-17(18)33-2)16-12-35-20(32)30(29-16)11-13-4-7-15(8-5-13)28-19(31)21(23,24)22(25,26)27/h4-10H,3,11-12H2,1-2H3,(H,28,31). The van der Waals surface area contributed by atoms with Crippen LogP contribution in [0, 0.1) is 0 Å². The van der Waals surface area contributed by atoms with Gasteiger partial charge in [-0.3, -0.25) is 9.59 Å². The van der Waals surface area contributed by atoms with Crippen molar-refractivity contribution < 1.29 is 41.0 Å². The Kier molecular flexibility index (Phi) is 7.88. The molecule has 2 aromatic carbocycles. The molecule has 0 aromatic heterocycles. The Bertz CT molecular complexity index is 1120. The van der Waals surface area contributed by atoms with Crippen molar-refractivity contribution in [1.29, 1.82) is 0 Å². The van der Waals surface area contributed by atoms with Gasteiger partial charge in [0.05, 0.1) is 26.0 Å². The molecule has 0 saturated heterocycles. The maximum Gasteiger partial charge on any atom is 0.463 e. The molecule has 3 rings (SSSR count). The van der Waals surface area contributed by atoms with E-state index in [1.807, 2.05) is 6.92 Å². The fourth-order valence-electron chi connectivity index (χ4n) is 2.99. The quantitative estimate of drug-likeness (QED) is 0.481. The number of alkyl halides is 5. The molecule has 0 aliphatic carbocycles. The molecule has 0 saturated carbocycles. The third-order valence-corrected chi connectivity index (χ3v) is 5.64. The number of benzene rings is 2. The lowest BCUT2D eigenvalue weighted by molar-refractivity contribution is -0.267. The van der Waals surface area contributed by atoms with E-state index in [9.17, 15) is 31.5 Å². The van der Waals surface area contributed by atoms with Crippen molar-refractivity contribution in [2.45, 2.75) is 25.6 Å². The number of nitrogens with one attached hydrogen (secondary N) is 1. The molecule has 35 heavy (non-hydrogen) atoms. The first-order valence-corrected chi connectivity index (χ1v) is 11.1. The van der Waals surface area contributed by atoms with Gasteiger partial charge in [0.15, 0.2) is 11.5 Å². The van der Waals surface area contributed by atoms with Crippen molar-refractivity contribution in [1.82, 2.24) is 5.01 Å². The highest BCUT2D eigenvalue weighted by Gasteiger charge is 2.63. The van der Waals surface area contributed by atoms with Crippen LogP contribution in [-0.4, -0.2) is 53.4 Å². The summed E-state index contributed by atoms with van der Waals surface area (Å²) in [6.45, 7) is 2.27. The van der Waals surface area contributed by atoms with Gasteiger partial charge in [0.25, 0.3) is 0 Å². The number of amides is 2. The summed E-state index contributed by atoms with van der Waals surface area (Å²) in [5.74, 6) is -6.62. The normalized spacial score (nSPS) is 14.4. The van der Waals surface area contributed by atoms with E-state index in [-0.39, 0.29) is 17.5 Å². The average molecular weight is 517 g/mol. The minimum atomic E-state index is -6.01. The topological polar surface area (TPSA) is 80.2 Å². The van der Waals surface area contributed by atoms with Crippen LogP contribution in [0.2, 0.25) is 0 Å². The SMILES string of the molecule is CCOc1cc(C2=NN(Cc3ccc(NC(=O)C(F)(F)C(F)(F)F)cc3)C(=O)SC2)ccc1OC. The molecule has 0 atom stereocenters. The summed E-state index contributed by atoms with van der Waals surface area (Å²) >= 11 is 1.03. The van der Waals surface area contributed by atoms with Crippen molar-refractivity contribution >= 4 is 34.3 Å². The van der Waals surface area contributed by atoms with E-state index in [0.29, 0.717) is 35.1 Å². The molecule has 1 N–H and O–H groups in total. The lowest BCUT2D eigenvalue weighted by Crippen LogP contribution is -2.47. The number of hydrazone groups is 1. The van der Waals surface area contributed by atoms with Crippen LogP contribution in [0.15, 0.2) is 47.6 Å². The van der Waals surface area contributed by atoms with Crippen LogP contribution in [0.1, 0.15) is 18.1 Å². The molecule has 0 bridgehead atoms. The number of ether oxygens (including phenoxy) is 2. The van der Waals surface area contributed by atoms with Gasteiger partial charge in [-0.15, -0.1) is 0 Å². The number of carbonyl (C=O) groups is 2. The Balaban J connectivity index is 1.74. The van der Waals surface area contributed by atoms with E-state index >= 15 is 0 Å². The second-order valence-electron chi connectivity index (χ2n) is 7.18. The maximum absolute atomic E-state index is 13.1. The van der Waals surface area contributed by atoms with Gasteiger partial charge in [-0.1, -0.05) is 23.9 Å². The van der Waals surface area contributed by atoms with Crippen LogP contribution in [0.25, 0.3) is 0 Å². The lowest BCUT2D eigenvalue weighted by Gasteiger charge is -2.23. The summed E-state index contributed by atoms with van der Waals surface area (Å²) in [6, 6.07) is 10.3. The van der Waals surface area contributed by atoms with E-state index in [1.54, 1.807) is 18.2 Å². The van der Waals surface area contributed by atoms with E-state index in [1.165, 1.54) is 29.6 Å². The highest BCUT2D eigenvalue weighted by Crippen LogP contribution is 2.36. The summed E-state index contributed by atoms with van der Waals surface area (Å²) in [4.78, 5) is 23.7. The van der Waals surface area contributed by atoms with Crippen LogP contribution in [0.4, 0.5) is 32.4 Å². The summed E-state index contributed by atoms with van der Waals surface area (Å²) in [6.07, 6.45) is -6.01. The molecule has 1 heterocycles. The third kappa shape index (κ3) is 6.02. The molecule has 7 nitrogen and oxygen atoms in total. The molecule has 0 fully saturated rings. The minimum absolute atomic E-state index is 0.0107. The Hall–Kier alpha value is -3.35. The summed E-state index contributed by atoms with van der Waals surface area (Å²) in [5, 5.41) is 6.83. The van der Waals surface area contributed by atoms with Gasteiger partial charge in [-0.05, 0) is 42.8 Å². The highest BCUT2D eigenvalue weighted by molar-refractivity contribution is 8.14. The zero-order chi connectivity index (χ0) is 25.8. The smallest absolute Gasteiger partial charge is 0.463 e. The predicted octanol–water partition coefficient (Wildman–Crippen LogP) is 5.30. The molecule has 13 heteroatoms. The molecule has 0 spiro atoms. The van der Waals surface area contributed by atoms with E-state index in [2.05, 4.69) is 5.10 Å². The van der Waals surface area contributed by atoms with Crippen molar-refractivity contribution in [3.63, 3.8) is 0 Å². The van der Waals surface area contributed by atoms with Crippen LogP contribution in [0.3, 0.4) is 0 Å². The van der Waals surface area contributed by atoms with Gasteiger partial charge in [0.1, 0.15) is 0 Å². The first-order valence-electron chi connectivity index (χ1n) is 10.1. The number of hydrogen-bond donors (Lipinski definition) is 1.